The lowest BCUT2D eigenvalue weighted by atomic mass is 10.1. The van der Waals surface area contributed by atoms with Crippen molar-refractivity contribution < 1.29 is 9.52 Å². The summed E-state index contributed by atoms with van der Waals surface area (Å²) in [7, 11) is 0. The Balaban J connectivity index is 1.71. The van der Waals surface area contributed by atoms with E-state index >= 15 is 0 Å². The van der Waals surface area contributed by atoms with Crippen LogP contribution in [0, 0.1) is 6.92 Å². The Kier molecular flexibility index (Phi) is 4.72. The molecule has 3 aromatic carbocycles. The topological polar surface area (TPSA) is 58.6 Å². The van der Waals surface area contributed by atoms with E-state index in [1.54, 1.807) is 36.5 Å². The zero-order chi connectivity index (χ0) is 19.0. The van der Waals surface area contributed by atoms with E-state index in [1.165, 1.54) is 0 Å². The molecule has 0 fully saturated rings. The molecule has 6 heteroatoms. The van der Waals surface area contributed by atoms with Gasteiger partial charge in [-0.3, -0.25) is 4.99 Å². The highest BCUT2D eigenvalue weighted by molar-refractivity contribution is 9.10. The third-order valence-electron chi connectivity index (χ3n) is 4.14. The number of aromatic hydroxyl groups is 1. The lowest BCUT2D eigenvalue weighted by Crippen LogP contribution is -1.84. The second-order valence-corrected chi connectivity index (χ2v) is 7.45. The van der Waals surface area contributed by atoms with E-state index in [-0.39, 0.29) is 5.75 Å². The summed E-state index contributed by atoms with van der Waals surface area (Å²) in [6.45, 7) is 1.98. The maximum Gasteiger partial charge on any atom is 0.227 e. The molecule has 0 atom stereocenters. The fraction of sp³-hybridized carbons (Fsp3) is 0.0476. The summed E-state index contributed by atoms with van der Waals surface area (Å²) >= 11 is 9.35. The van der Waals surface area contributed by atoms with Gasteiger partial charge in [-0.15, -0.1) is 0 Å². The smallest absolute Gasteiger partial charge is 0.227 e. The van der Waals surface area contributed by atoms with Crippen molar-refractivity contribution in [1.82, 2.24) is 4.98 Å². The number of oxazole rings is 1. The van der Waals surface area contributed by atoms with Gasteiger partial charge in [0.25, 0.3) is 0 Å². The molecule has 27 heavy (non-hydrogen) atoms. The SMILES string of the molecule is Cc1ccc(-c2nc3cc(Cl)ccc3o2)cc1N=Cc1ccc(Br)cc1O. The highest BCUT2D eigenvalue weighted by atomic mass is 79.9. The highest BCUT2D eigenvalue weighted by Crippen LogP contribution is 2.30. The van der Waals surface area contributed by atoms with Crippen LogP contribution >= 0.6 is 27.5 Å². The van der Waals surface area contributed by atoms with E-state index in [0.29, 0.717) is 27.6 Å². The number of nitrogens with zero attached hydrogens (tertiary/aromatic N) is 2. The highest BCUT2D eigenvalue weighted by Gasteiger charge is 2.10. The molecule has 1 N–H and O–H groups in total. The molecule has 4 rings (SSSR count). The third kappa shape index (κ3) is 3.75. The van der Waals surface area contributed by atoms with E-state index in [4.69, 9.17) is 16.0 Å². The lowest BCUT2D eigenvalue weighted by molar-refractivity contribution is 0.474. The molecule has 0 bridgehead atoms. The number of aromatic nitrogens is 1. The summed E-state index contributed by atoms with van der Waals surface area (Å²) in [6.07, 6.45) is 1.64. The lowest BCUT2D eigenvalue weighted by Gasteiger charge is -2.03. The summed E-state index contributed by atoms with van der Waals surface area (Å²) in [5.74, 6) is 0.674. The zero-order valence-corrected chi connectivity index (χ0v) is 16.6. The maximum atomic E-state index is 10.0. The molecule has 0 aliphatic heterocycles. The van der Waals surface area contributed by atoms with E-state index in [9.17, 15) is 5.11 Å². The van der Waals surface area contributed by atoms with Crippen molar-refractivity contribution in [2.24, 2.45) is 4.99 Å². The number of hydrogen-bond acceptors (Lipinski definition) is 4. The Labute approximate surface area is 169 Å². The van der Waals surface area contributed by atoms with Crippen molar-refractivity contribution in [1.29, 1.82) is 0 Å². The van der Waals surface area contributed by atoms with Gasteiger partial charge in [0.05, 0.1) is 5.69 Å². The van der Waals surface area contributed by atoms with Crippen LogP contribution in [0.4, 0.5) is 5.69 Å². The van der Waals surface area contributed by atoms with Gasteiger partial charge >= 0.3 is 0 Å². The van der Waals surface area contributed by atoms with Crippen LogP contribution in [0.25, 0.3) is 22.6 Å². The van der Waals surface area contributed by atoms with Crippen molar-refractivity contribution in [2.75, 3.05) is 0 Å². The minimum atomic E-state index is 0.165. The van der Waals surface area contributed by atoms with Crippen molar-refractivity contribution in [3.63, 3.8) is 0 Å². The van der Waals surface area contributed by atoms with Crippen molar-refractivity contribution >= 4 is 50.5 Å². The number of phenolic OH excluding ortho intramolecular Hbond substituents is 1. The first-order valence-electron chi connectivity index (χ1n) is 8.19. The third-order valence-corrected chi connectivity index (χ3v) is 4.87. The predicted octanol–water partition coefficient (Wildman–Crippen LogP) is 6.68. The van der Waals surface area contributed by atoms with Crippen LogP contribution in [0.15, 0.2) is 68.5 Å². The molecule has 0 aliphatic carbocycles. The number of aliphatic imine (C=N–C) groups is 1. The maximum absolute atomic E-state index is 10.0. The molecule has 0 aliphatic rings. The number of rotatable bonds is 3. The van der Waals surface area contributed by atoms with Gasteiger partial charge < -0.3 is 9.52 Å². The Hall–Kier alpha value is -2.63. The molecule has 0 saturated heterocycles. The van der Waals surface area contributed by atoms with Crippen molar-refractivity contribution in [3.05, 3.63) is 75.2 Å². The summed E-state index contributed by atoms with van der Waals surface area (Å²) in [5, 5.41) is 10.6. The number of benzene rings is 3. The summed E-state index contributed by atoms with van der Waals surface area (Å²) < 4.78 is 6.64. The minimum absolute atomic E-state index is 0.165. The second kappa shape index (κ2) is 7.18. The van der Waals surface area contributed by atoms with Gasteiger partial charge in [-0.1, -0.05) is 33.6 Å². The van der Waals surface area contributed by atoms with Crippen LogP contribution in [0.5, 0.6) is 5.75 Å². The molecule has 0 spiro atoms. The summed E-state index contributed by atoms with van der Waals surface area (Å²) in [6, 6.07) is 16.4. The van der Waals surface area contributed by atoms with Crippen LogP contribution < -0.4 is 0 Å². The standard InChI is InChI=1S/C21H14BrClN2O2/c1-12-2-3-13(21-25-18-10-16(23)6-7-20(18)27-21)8-17(12)24-11-14-4-5-15(22)9-19(14)26/h2-11,26H,1H3. The molecule has 4 nitrogen and oxygen atoms in total. The Bertz CT molecular complexity index is 1180. The minimum Gasteiger partial charge on any atom is -0.507 e. The zero-order valence-electron chi connectivity index (χ0n) is 14.3. The van der Waals surface area contributed by atoms with Gasteiger partial charge in [0.15, 0.2) is 5.58 Å². The van der Waals surface area contributed by atoms with E-state index < -0.39 is 0 Å². The molecular weight excluding hydrogens is 428 g/mol. The van der Waals surface area contributed by atoms with Crippen LogP contribution in [0.3, 0.4) is 0 Å². The molecule has 0 radical (unpaired) electrons. The normalized spacial score (nSPS) is 11.5. The van der Waals surface area contributed by atoms with Crippen LogP contribution in [-0.2, 0) is 0 Å². The monoisotopic (exact) mass is 440 g/mol. The summed E-state index contributed by atoms with van der Waals surface area (Å²) in [4.78, 5) is 9.04. The molecule has 0 saturated carbocycles. The quantitative estimate of drug-likeness (QED) is 0.361. The first kappa shape index (κ1) is 17.8. The first-order valence-corrected chi connectivity index (χ1v) is 9.36. The van der Waals surface area contributed by atoms with E-state index in [1.807, 2.05) is 31.2 Å². The number of halogens is 2. The fourth-order valence-electron chi connectivity index (χ4n) is 2.67. The van der Waals surface area contributed by atoms with Crippen LogP contribution in [0.1, 0.15) is 11.1 Å². The molecule has 4 aromatic rings. The number of phenols is 1. The average Bonchev–Trinajstić information content (AvgIpc) is 3.05. The number of fused-ring (bicyclic) bond motifs is 1. The van der Waals surface area contributed by atoms with Gasteiger partial charge in [-0.2, -0.15) is 0 Å². The van der Waals surface area contributed by atoms with Gasteiger partial charge in [-0.25, -0.2) is 4.98 Å². The first-order chi connectivity index (χ1) is 13.0. The largest absolute Gasteiger partial charge is 0.507 e. The Morgan fingerprint density at radius 2 is 1.96 bits per heavy atom. The molecule has 1 aromatic heterocycles. The Morgan fingerprint density at radius 1 is 1.11 bits per heavy atom. The molecule has 134 valence electrons. The fourth-order valence-corrected chi connectivity index (χ4v) is 3.19. The molecular formula is C21H14BrClN2O2. The number of aryl methyl sites for hydroxylation is 1. The van der Waals surface area contributed by atoms with Gasteiger partial charge in [-0.05, 0) is 61.0 Å². The van der Waals surface area contributed by atoms with Crippen LogP contribution in [-0.4, -0.2) is 16.3 Å². The van der Waals surface area contributed by atoms with Gasteiger partial charge in [0.2, 0.25) is 5.89 Å². The summed E-state index contributed by atoms with van der Waals surface area (Å²) in [5.41, 5.74) is 4.63. The van der Waals surface area contributed by atoms with Gasteiger partial charge in [0.1, 0.15) is 11.3 Å². The number of hydrogen-bond donors (Lipinski definition) is 1. The van der Waals surface area contributed by atoms with Crippen molar-refractivity contribution in [2.45, 2.75) is 6.92 Å². The Morgan fingerprint density at radius 3 is 2.78 bits per heavy atom. The van der Waals surface area contributed by atoms with Crippen LogP contribution in [0.2, 0.25) is 5.02 Å². The second-order valence-electron chi connectivity index (χ2n) is 6.09. The predicted molar refractivity (Wildman–Crippen MR) is 112 cm³/mol. The van der Waals surface area contributed by atoms with E-state index in [2.05, 4.69) is 25.9 Å². The van der Waals surface area contributed by atoms with E-state index in [0.717, 1.165) is 21.3 Å². The average molecular weight is 442 g/mol. The molecule has 1 heterocycles. The molecule has 0 unspecified atom stereocenters. The van der Waals surface area contributed by atoms with Gasteiger partial charge in [0, 0.05) is 26.8 Å². The van der Waals surface area contributed by atoms with Crippen molar-refractivity contribution in [3.8, 4) is 17.2 Å². The molecule has 0 amide bonds.